The van der Waals surface area contributed by atoms with Crippen molar-refractivity contribution in [1.82, 2.24) is 0 Å². The second-order valence-electron chi connectivity index (χ2n) is 5.11. The second-order valence-corrected chi connectivity index (χ2v) is 5.51. The molecule has 2 aromatic rings. The van der Waals surface area contributed by atoms with Gasteiger partial charge in [0.05, 0.1) is 24.2 Å². The van der Waals surface area contributed by atoms with Gasteiger partial charge in [-0.2, -0.15) is 0 Å². The third kappa shape index (κ3) is 4.97. The van der Waals surface area contributed by atoms with Crippen molar-refractivity contribution in [3.05, 3.63) is 68.7 Å². The van der Waals surface area contributed by atoms with Gasteiger partial charge in [0.25, 0.3) is 5.69 Å². The van der Waals surface area contributed by atoms with E-state index < -0.39 is 10.9 Å². The fourth-order valence-electron chi connectivity index (χ4n) is 2.16. The Kier molecular flexibility index (Phi) is 6.57. The molecule has 136 valence electrons. The van der Waals surface area contributed by atoms with Crippen LogP contribution >= 0.6 is 11.6 Å². The molecular formula is C18H16ClNO6. The van der Waals surface area contributed by atoms with Crippen molar-refractivity contribution in [2.75, 3.05) is 14.2 Å². The highest BCUT2D eigenvalue weighted by Crippen LogP contribution is 2.36. The van der Waals surface area contributed by atoms with Crippen LogP contribution in [0, 0.1) is 10.1 Å². The molecule has 0 aliphatic carbocycles. The highest BCUT2D eigenvalue weighted by molar-refractivity contribution is 6.32. The van der Waals surface area contributed by atoms with Gasteiger partial charge in [0.1, 0.15) is 6.61 Å². The van der Waals surface area contributed by atoms with E-state index in [1.165, 1.54) is 44.6 Å². The molecule has 0 spiro atoms. The van der Waals surface area contributed by atoms with Gasteiger partial charge in [-0.25, -0.2) is 4.79 Å². The summed E-state index contributed by atoms with van der Waals surface area (Å²) >= 11 is 6.10. The molecule has 0 atom stereocenters. The van der Waals surface area contributed by atoms with Crippen molar-refractivity contribution >= 4 is 29.3 Å². The van der Waals surface area contributed by atoms with E-state index in [4.69, 9.17) is 25.8 Å². The first-order valence-electron chi connectivity index (χ1n) is 7.44. The average molecular weight is 378 g/mol. The number of nitro groups is 1. The molecule has 2 aromatic carbocycles. The predicted octanol–water partition coefficient (Wildman–Crippen LogP) is 4.02. The van der Waals surface area contributed by atoms with E-state index in [1.54, 1.807) is 18.2 Å². The highest BCUT2D eigenvalue weighted by atomic mass is 35.5. The molecule has 8 heteroatoms. The Balaban J connectivity index is 2.02. The first kappa shape index (κ1) is 19.3. The van der Waals surface area contributed by atoms with Crippen molar-refractivity contribution in [1.29, 1.82) is 0 Å². The van der Waals surface area contributed by atoms with Gasteiger partial charge in [0.2, 0.25) is 0 Å². The lowest BCUT2D eigenvalue weighted by Crippen LogP contribution is -2.01. The van der Waals surface area contributed by atoms with E-state index in [0.29, 0.717) is 27.6 Å². The van der Waals surface area contributed by atoms with Crippen LogP contribution in [-0.4, -0.2) is 25.1 Å². The van der Waals surface area contributed by atoms with Gasteiger partial charge >= 0.3 is 5.97 Å². The molecule has 0 radical (unpaired) electrons. The van der Waals surface area contributed by atoms with Crippen LogP contribution in [0.4, 0.5) is 5.69 Å². The lowest BCUT2D eigenvalue weighted by molar-refractivity contribution is -0.384. The molecule has 0 aliphatic rings. The smallest absolute Gasteiger partial charge is 0.331 e. The maximum absolute atomic E-state index is 11.8. The van der Waals surface area contributed by atoms with Gasteiger partial charge < -0.3 is 14.2 Å². The van der Waals surface area contributed by atoms with Crippen LogP contribution in [0.2, 0.25) is 5.02 Å². The maximum atomic E-state index is 11.8. The fourth-order valence-corrected chi connectivity index (χ4v) is 2.46. The summed E-state index contributed by atoms with van der Waals surface area (Å²) in [7, 11) is 2.96. The van der Waals surface area contributed by atoms with Gasteiger partial charge in [-0.1, -0.05) is 23.7 Å². The Morgan fingerprint density at radius 1 is 1.23 bits per heavy atom. The molecule has 2 rings (SSSR count). The fraction of sp³-hybridized carbons (Fsp3) is 0.167. The molecule has 0 saturated carbocycles. The van der Waals surface area contributed by atoms with E-state index in [1.807, 2.05) is 0 Å². The van der Waals surface area contributed by atoms with E-state index in [9.17, 15) is 14.9 Å². The summed E-state index contributed by atoms with van der Waals surface area (Å²) < 4.78 is 15.4. The van der Waals surface area contributed by atoms with Crippen molar-refractivity contribution in [3.63, 3.8) is 0 Å². The van der Waals surface area contributed by atoms with Crippen LogP contribution in [0.3, 0.4) is 0 Å². The summed E-state index contributed by atoms with van der Waals surface area (Å²) in [6.07, 6.45) is 2.75. The van der Waals surface area contributed by atoms with Crippen molar-refractivity contribution in [3.8, 4) is 11.5 Å². The Bertz CT molecular complexity index is 850. The Hall–Kier alpha value is -3.06. The van der Waals surface area contributed by atoms with Crippen LogP contribution in [0.5, 0.6) is 11.5 Å². The first-order valence-corrected chi connectivity index (χ1v) is 7.82. The number of hydrogen-bond acceptors (Lipinski definition) is 6. The molecule has 0 N–H and O–H groups in total. The zero-order chi connectivity index (χ0) is 19.1. The summed E-state index contributed by atoms with van der Waals surface area (Å²) in [5, 5.41) is 11.1. The third-order valence-corrected chi connectivity index (χ3v) is 3.65. The summed E-state index contributed by atoms with van der Waals surface area (Å²) in [4.78, 5) is 22.1. The molecule has 0 aromatic heterocycles. The minimum absolute atomic E-state index is 0.0611. The van der Waals surface area contributed by atoms with Crippen LogP contribution in [0.1, 0.15) is 11.1 Å². The monoisotopic (exact) mass is 377 g/mol. The topological polar surface area (TPSA) is 87.9 Å². The number of ether oxygens (including phenoxy) is 3. The van der Waals surface area contributed by atoms with Gasteiger partial charge in [-0.3, -0.25) is 10.1 Å². The highest BCUT2D eigenvalue weighted by Gasteiger charge is 2.10. The Labute approximate surface area is 154 Å². The van der Waals surface area contributed by atoms with Gasteiger partial charge in [-0.05, 0) is 29.3 Å². The van der Waals surface area contributed by atoms with Crippen LogP contribution < -0.4 is 9.47 Å². The minimum atomic E-state index is -0.595. The van der Waals surface area contributed by atoms with Crippen molar-refractivity contribution < 1.29 is 23.9 Å². The molecule has 0 unspecified atom stereocenters. The van der Waals surface area contributed by atoms with Gasteiger partial charge in [0.15, 0.2) is 11.5 Å². The lowest BCUT2D eigenvalue weighted by atomic mass is 10.2. The molecule has 0 amide bonds. The number of esters is 1. The Morgan fingerprint density at radius 2 is 2.00 bits per heavy atom. The molecule has 0 saturated heterocycles. The zero-order valence-corrected chi connectivity index (χ0v) is 14.9. The summed E-state index contributed by atoms with van der Waals surface area (Å²) in [5.41, 5.74) is 1.09. The number of nitrogens with zero attached hydrogens (tertiary/aromatic N) is 1. The average Bonchev–Trinajstić information content (AvgIpc) is 2.64. The van der Waals surface area contributed by atoms with Crippen molar-refractivity contribution in [2.45, 2.75) is 6.61 Å². The lowest BCUT2D eigenvalue weighted by Gasteiger charge is -2.10. The largest absolute Gasteiger partial charge is 0.493 e. The molecule has 0 heterocycles. The predicted molar refractivity (Wildman–Crippen MR) is 96.5 cm³/mol. The molecule has 0 fully saturated rings. The number of carbonyl (C=O) groups is 1. The van der Waals surface area contributed by atoms with Crippen LogP contribution in [0.25, 0.3) is 6.08 Å². The number of methoxy groups -OCH3 is 2. The van der Waals surface area contributed by atoms with E-state index in [-0.39, 0.29) is 12.3 Å². The quantitative estimate of drug-likeness (QED) is 0.313. The Morgan fingerprint density at radius 3 is 2.65 bits per heavy atom. The molecule has 7 nitrogen and oxygen atoms in total. The molecule has 26 heavy (non-hydrogen) atoms. The summed E-state index contributed by atoms with van der Waals surface area (Å²) in [5.74, 6) is 0.242. The zero-order valence-electron chi connectivity index (χ0n) is 14.1. The maximum Gasteiger partial charge on any atom is 0.331 e. The van der Waals surface area contributed by atoms with E-state index >= 15 is 0 Å². The molecular weight excluding hydrogens is 362 g/mol. The second kappa shape index (κ2) is 8.87. The van der Waals surface area contributed by atoms with Crippen LogP contribution in [0.15, 0.2) is 42.5 Å². The first-order chi connectivity index (χ1) is 12.4. The summed E-state index contributed by atoms with van der Waals surface area (Å²) in [6, 6.07) is 9.17. The van der Waals surface area contributed by atoms with Crippen LogP contribution in [-0.2, 0) is 16.1 Å². The third-order valence-electron chi connectivity index (χ3n) is 3.37. The number of halogens is 1. The van der Waals surface area contributed by atoms with Crippen molar-refractivity contribution in [2.24, 2.45) is 0 Å². The normalized spacial score (nSPS) is 10.6. The summed E-state index contributed by atoms with van der Waals surface area (Å²) in [6.45, 7) is -0.0719. The SMILES string of the molecule is COc1cc(/C=C/C(=O)OCc2cccc([N+](=O)[O-])c2)cc(Cl)c1OC. The number of non-ortho nitro benzene ring substituents is 1. The number of nitro benzene ring substituents is 1. The molecule has 0 aliphatic heterocycles. The number of carbonyl (C=O) groups excluding carboxylic acids is 1. The standard InChI is InChI=1S/C18H16ClNO6/c1-24-16-10-12(9-15(19)18(16)25-2)6-7-17(21)26-11-13-4-3-5-14(8-13)20(22)23/h3-10H,11H2,1-2H3/b7-6+. The van der Waals surface area contributed by atoms with E-state index in [2.05, 4.69) is 0 Å². The number of hydrogen-bond donors (Lipinski definition) is 0. The van der Waals surface area contributed by atoms with Gasteiger partial charge in [0, 0.05) is 18.2 Å². The minimum Gasteiger partial charge on any atom is -0.493 e. The molecule has 0 bridgehead atoms. The number of rotatable bonds is 7. The van der Waals surface area contributed by atoms with E-state index in [0.717, 1.165) is 0 Å². The number of benzene rings is 2. The van der Waals surface area contributed by atoms with Gasteiger partial charge in [-0.15, -0.1) is 0 Å².